The molecule has 0 aromatic carbocycles. The van der Waals surface area contributed by atoms with E-state index in [1.54, 1.807) is 0 Å². The molecular formula is C12H22O. The summed E-state index contributed by atoms with van der Waals surface area (Å²) in [6, 6.07) is 0. The molecule has 0 amide bonds. The lowest BCUT2D eigenvalue weighted by atomic mass is 9.90. The molecule has 0 radical (unpaired) electrons. The highest BCUT2D eigenvalue weighted by molar-refractivity contribution is 4.85. The summed E-state index contributed by atoms with van der Waals surface area (Å²) >= 11 is 0. The highest BCUT2D eigenvalue weighted by atomic mass is 16.3. The van der Waals surface area contributed by atoms with Gasteiger partial charge in [0.1, 0.15) is 0 Å². The molecule has 0 aliphatic carbocycles. The fourth-order valence-electron chi connectivity index (χ4n) is 1.74. The van der Waals surface area contributed by atoms with Crippen LogP contribution in [0.2, 0.25) is 0 Å². The van der Waals surface area contributed by atoms with E-state index in [0.29, 0.717) is 12.3 Å². The Kier molecular flexibility index (Phi) is 7.83. The molecule has 1 unspecified atom stereocenters. The van der Waals surface area contributed by atoms with E-state index in [9.17, 15) is 5.11 Å². The van der Waals surface area contributed by atoms with Crippen LogP contribution in [0.25, 0.3) is 0 Å². The molecular weight excluding hydrogens is 160 g/mol. The van der Waals surface area contributed by atoms with Gasteiger partial charge in [-0.15, -0.1) is 12.3 Å². The molecule has 0 aromatic heterocycles. The summed E-state index contributed by atoms with van der Waals surface area (Å²) in [6.45, 7) is 4.33. The van der Waals surface area contributed by atoms with Crippen LogP contribution in [0, 0.1) is 18.3 Å². The zero-order valence-corrected chi connectivity index (χ0v) is 8.92. The highest BCUT2D eigenvalue weighted by Gasteiger charge is 2.16. The number of aliphatic hydroxyl groups is 1. The predicted molar refractivity (Wildman–Crippen MR) is 57.4 cm³/mol. The zero-order valence-electron chi connectivity index (χ0n) is 8.92. The molecule has 1 N–H and O–H groups in total. The highest BCUT2D eigenvalue weighted by Crippen LogP contribution is 2.20. The standard InChI is InChI=1S/C12H22O/c1-4-7-10-12(13)11(8-5-2)9-6-3/h1,11-13H,5-10H2,2-3H3. The topological polar surface area (TPSA) is 20.2 Å². The van der Waals surface area contributed by atoms with Crippen LogP contribution < -0.4 is 0 Å². The first-order valence-electron chi connectivity index (χ1n) is 5.37. The average molecular weight is 182 g/mol. The van der Waals surface area contributed by atoms with Crippen molar-refractivity contribution in [1.29, 1.82) is 0 Å². The van der Waals surface area contributed by atoms with Gasteiger partial charge in [-0.3, -0.25) is 0 Å². The maximum Gasteiger partial charge on any atom is 0.0577 e. The SMILES string of the molecule is C#CCCC(O)C(CCC)CCC. The molecule has 0 rings (SSSR count). The van der Waals surface area contributed by atoms with E-state index in [4.69, 9.17) is 6.42 Å². The van der Waals surface area contributed by atoms with Crippen LogP contribution in [0.3, 0.4) is 0 Å². The van der Waals surface area contributed by atoms with Crippen LogP contribution in [0.4, 0.5) is 0 Å². The molecule has 76 valence electrons. The molecule has 0 spiro atoms. The molecule has 0 heterocycles. The van der Waals surface area contributed by atoms with Crippen molar-refractivity contribution < 1.29 is 5.11 Å². The van der Waals surface area contributed by atoms with E-state index in [-0.39, 0.29) is 6.10 Å². The lowest BCUT2D eigenvalue weighted by molar-refractivity contribution is 0.0894. The third-order valence-corrected chi connectivity index (χ3v) is 2.45. The Hall–Kier alpha value is -0.480. The Morgan fingerprint density at radius 2 is 1.69 bits per heavy atom. The van der Waals surface area contributed by atoms with Crippen LogP contribution in [-0.2, 0) is 0 Å². The van der Waals surface area contributed by atoms with E-state index in [1.807, 2.05) is 0 Å². The lowest BCUT2D eigenvalue weighted by Crippen LogP contribution is -2.20. The molecule has 0 aliphatic rings. The minimum atomic E-state index is -0.184. The largest absolute Gasteiger partial charge is 0.393 e. The molecule has 1 atom stereocenters. The zero-order chi connectivity index (χ0) is 10.1. The van der Waals surface area contributed by atoms with Crippen LogP contribution in [-0.4, -0.2) is 11.2 Å². The summed E-state index contributed by atoms with van der Waals surface area (Å²) in [6.07, 6.45) is 11.0. The second-order valence-electron chi connectivity index (χ2n) is 3.65. The Bertz CT molecular complexity index is 140. The monoisotopic (exact) mass is 182 g/mol. The molecule has 0 aromatic rings. The van der Waals surface area contributed by atoms with E-state index < -0.39 is 0 Å². The molecule has 1 nitrogen and oxygen atoms in total. The summed E-state index contributed by atoms with van der Waals surface area (Å²) in [5, 5.41) is 9.81. The maximum absolute atomic E-state index is 9.81. The van der Waals surface area contributed by atoms with Crippen LogP contribution in [0.1, 0.15) is 52.4 Å². The van der Waals surface area contributed by atoms with Crippen LogP contribution >= 0.6 is 0 Å². The van der Waals surface area contributed by atoms with Gasteiger partial charge in [0, 0.05) is 6.42 Å². The molecule has 0 aliphatic heterocycles. The molecule has 0 bridgehead atoms. The number of hydrogen-bond donors (Lipinski definition) is 1. The molecule has 13 heavy (non-hydrogen) atoms. The summed E-state index contributed by atoms with van der Waals surface area (Å²) < 4.78 is 0. The minimum absolute atomic E-state index is 0.184. The Morgan fingerprint density at radius 3 is 2.08 bits per heavy atom. The van der Waals surface area contributed by atoms with E-state index in [1.165, 1.54) is 0 Å². The summed E-state index contributed by atoms with van der Waals surface area (Å²) in [4.78, 5) is 0. The summed E-state index contributed by atoms with van der Waals surface area (Å²) in [5.74, 6) is 3.04. The van der Waals surface area contributed by atoms with Gasteiger partial charge in [0.05, 0.1) is 6.10 Å². The van der Waals surface area contributed by atoms with Gasteiger partial charge in [-0.2, -0.15) is 0 Å². The van der Waals surface area contributed by atoms with Crippen LogP contribution in [0.15, 0.2) is 0 Å². The van der Waals surface area contributed by atoms with Gasteiger partial charge in [-0.05, 0) is 25.2 Å². The number of rotatable bonds is 7. The van der Waals surface area contributed by atoms with Crippen molar-refractivity contribution in [3.63, 3.8) is 0 Å². The van der Waals surface area contributed by atoms with Crippen molar-refractivity contribution in [3.05, 3.63) is 0 Å². The van der Waals surface area contributed by atoms with E-state index >= 15 is 0 Å². The number of terminal acetylenes is 1. The Morgan fingerprint density at radius 1 is 1.15 bits per heavy atom. The van der Waals surface area contributed by atoms with Crippen molar-refractivity contribution in [2.24, 2.45) is 5.92 Å². The van der Waals surface area contributed by atoms with Gasteiger partial charge in [0.25, 0.3) is 0 Å². The normalized spacial score (nSPS) is 12.8. The predicted octanol–water partition coefficient (Wildman–Crippen LogP) is 2.98. The quantitative estimate of drug-likeness (QED) is 0.600. The molecule has 1 heteroatoms. The van der Waals surface area contributed by atoms with Crippen molar-refractivity contribution in [1.82, 2.24) is 0 Å². The van der Waals surface area contributed by atoms with Gasteiger partial charge in [-0.1, -0.05) is 26.7 Å². The smallest absolute Gasteiger partial charge is 0.0577 e. The number of hydrogen-bond acceptors (Lipinski definition) is 1. The van der Waals surface area contributed by atoms with Crippen molar-refractivity contribution in [2.75, 3.05) is 0 Å². The van der Waals surface area contributed by atoms with Gasteiger partial charge in [0.15, 0.2) is 0 Å². The summed E-state index contributed by atoms with van der Waals surface area (Å²) in [5.41, 5.74) is 0. The Labute approximate surface area is 82.5 Å². The third-order valence-electron chi connectivity index (χ3n) is 2.45. The molecule has 0 saturated heterocycles. The number of aliphatic hydroxyl groups excluding tert-OH is 1. The fourth-order valence-corrected chi connectivity index (χ4v) is 1.74. The summed E-state index contributed by atoms with van der Waals surface area (Å²) in [7, 11) is 0. The molecule has 0 saturated carbocycles. The van der Waals surface area contributed by atoms with E-state index in [2.05, 4.69) is 19.8 Å². The maximum atomic E-state index is 9.81. The molecule has 0 fully saturated rings. The van der Waals surface area contributed by atoms with Gasteiger partial charge >= 0.3 is 0 Å². The minimum Gasteiger partial charge on any atom is -0.393 e. The second kappa shape index (κ2) is 8.13. The average Bonchev–Trinajstić information content (AvgIpc) is 2.14. The fraction of sp³-hybridized carbons (Fsp3) is 0.833. The van der Waals surface area contributed by atoms with Crippen molar-refractivity contribution in [3.8, 4) is 12.3 Å². The van der Waals surface area contributed by atoms with Crippen molar-refractivity contribution in [2.45, 2.75) is 58.5 Å². The van der Waals surface area contributed by atoms with Crippen LogP contribution in [0.5, 0.6) is 0 Å². The van der Waals surface area contributed by atoms with Gasteiger partial charge in [-0.25, -0.2) is 0 Å². The first-order valence-corrected chi connectivity index (χ1v) is 5.37. The first-order chi connectivity index (χ1) is 6.26. The lowest BCUT2D eigenvalue weighted by Gasteiger charge is -2.21. The second-order valence-corrected chi connectivity index (χ2v) is 3.65. The third kappa shape index (κ3) is 5.71. The van der Waals surface area contributed by atoms with E-state index in [0.717, 1.165) is 32.1 Å². The van der Waals surface area contributed by atoms with Gasteiger partial charge < -0.3 is 5.11 Å². The Balaban J connectivity index is 3.80. The van der Waals surface area contributed by atoms with Crippen molar-refractivity contribution >= 4 is 0 Å². The van der Waals surface area contributed by atoms with Gasteiger partial charge in [0.2, 0.25) is 0 Å². The first kappa shape index (κ1) is 12.5.